The summed E-state index contributed by atoms with van der Waals surface area (Å²) in [5.41, 5.74) is 6.00. The highest BCUT2D eigenvalue weighted by Gasteiger charge is 1.96. The minimum absolute atomic E-state index is 0.172. The highest BCUT2D eigenvalue weighted by Crippen LogP contribution is 2.09. The second kappa shape index (κ2) is 5.59. The fraction of sp³-hybridized carbons (Fsp3) is 0.0909. The Kier molecular flexibility index (Phi) is 4.09. The molecule has 0 bridgehead atoms. The van der Waals surface area contributed by atoms with Gasteiger partial charge in [-0.2, -0.15) is 0 Å². The van der Waals surface area contributed by atoms with Gasteiger partial charge >= 0.3 is 6.02 Å². The van der Waals surface area contributed by atoms with Crippen LogP contribution in [0, 0.1) is 0 Å². The van der Waals surface area contributed by atoms with E-state index < -0.39 is 0 Å². The predicted octanol–water partition coefficient (Wildman–Crippen LogP) is 1.94. The fourth-order valence-corrected chi connectivity index (χ4v) is 0.850. The minimum atomic E-state index is 0.172. The van der Waals surface area contributed by atoms with Crippen LogP contribution >= 0.6 is 0 Å². The number of allylic oxidation sites excluding steroid dienone is 1. The van der Waals surface area contributed by atoms with Gasteiger partial charge in [-0.1, -0.05) is 18.2 Å². The van der Waals surface area contributed by atoms with Gasteiger partial charge in [0.1, 0.15) is 5.75 Å². The summed E-state index contributed by atoms with van der Waals surface area (Å²) in [5, 5.41) is 0. The molecule has 78 valence electrons. The van der Waals surface area contributed by atoms with Gasteiger partial charge < -0.3 is 10.5 Å². The molecule has 4 heteroatoms. The predicted molar refractivity (Wildman–Crippen MR) is 62.0 cm³/mol. The van der Waals surface area contributed by atoms with Crippen molar-refractivity contribution >= 4 is 12.7 Å². The maximum absolute atomic E-state index is 5.43. The lowest BCUT2D eigenvalue weighted by Gasteiger charge is -2.02. The Morgan fingerprint density at radius 3 is 2.60 bits per heavy atom. The zero-order chi connectivity index (χ0) is 11.1. The van der Waals surface area contributed by atoms with Crippen LogP contribution in [-0.4, -0.2) is 12.7 Å². The minimum Gasteiger partial charge on any atom is -0.424 e. The molecule has 0 unspecified atom stereocenters. The number of rotatable bonds is 2. The first-order valence-electron chi connectivity index (χ1n) is 4.42. The number of amidine groups is 1. The van der Waals surface area contributed by atoms with Crippen LogP contribution in [0.15, 0.2) is 52.2 Å². The first kappa shape index (κ1) is 11.0. The van der Waals surface area contributed by atoms with E-state index in [1.165, 1.54) is 6.20 Å². The lowest BCUT2D eigenvalue weighted by molar-refractivity contribution is 0.543. The summed E-state index contributed by atoms with van der Waals surface area (Å²) in [4.78, 5) is 7.55. The number of para-hydroxylation sites is 1. The first-order valence-corrected chi connectivity index (χ1v) is 4.42. The maximum atomic E-state index is 5.43. The van der Waals surface area contributed by atoms with E-state index in [0.29, 0.717) is 11.4 Å². The molecule has 0 aromatic heterocycles. The summed E-state index contributed by atoms with van der Waals surface area (Å²) in [7, 11) is 0. The lowest BCUT2D eigenvalue weighted by atomic mass is 10.3. The number of ether oxygens (including phenoxy) is 1. The molecule has 2 N–H and O–H groups in total. The topological polar surface area (TPSA) is 60.0 Å². The molecule has 4 nitrogen and oxygen atoms in total. The summed E-state index contributed by atoms with van der Waals surface area (Å²) in [5.74, 6) is 0.659. The molecule has 0 spiro atoms. The molecular weight excluding hydrogens is 190 g/mol. The van der Waals surface area contributed by atoms with E-state index in [4.69, 9.17) is 10.5 Å². The molecule has 1 aromatic rings. The van der Waals surface area contributed by atoms with E-state index in [2.05, 4.69) is 16.7 Å². The molecule has 0 radical (unpaired) electrons. The summed E-state index contributed by atoms with van der Waals surface area (Å²) < 4.78 is 5.33. The van der Waals surface area contributed by atoms with Crippen molar-refractivity contribution in [2.45, 2.75) is 6.92 Å². The Morgan fingerprint density at radius 2 is 2.07 bits per heavy atom. The van der Waals surface area contributed by atoms with Crippen molar-refractivity contribution in [1.82, 2.24) is 0 Å². The second-order valence-electron chi connectivity index (χ2n) is 2.86. The van der Waals surface area contributed by atoms with Gasteiger partial charge in [-0.15, -0.1) is 0 Å². The van der Waals surface area contributed by atoms with Crippen LogP contribution < -0.4 is 10.5 Å². The zero-order valence-electron chi connectivity index (χ0n) is 8.55. The van der Waals surface area contributed by atoms with E-state index in [-0.39, 0.29) is 6.02 Å². The molecule has 0 saturated carbocycles. The molecule has 0 heterocycles. The van der Waals surface area contributed by atoms with Gasteiger partial charge in [0, 0.05) is 5.70 Å². The van der Waals surface area contributed by atoms with Crippen LogP contribution in [0.5, 0.6) is 5.75 Å². The molecule has 15 heavy (non-hydrogen) atoms. The van der Waals surface area contributed by atoms with Crippen LogP contribution in [0.25, 0.3) is 0 Å². The van der Waals surface area contributed by atoms with Crippen LogP contribution in [0.3, 0.4) is 0 Å². The highest BCUT2D eigenvalue weighted by atomic mass is 16.5. The molecule has 0 fully saturated rings. The van der Waals surface area contributed by atoms with E-state index in [1.54, 1.807) is 19.1 Å². The van der Waals surface area contributed by atoms with Gasteiger partial charge in [0.15, 0.2) is 0 Å². The SMILES string of the molecule is C=NC(=N/C=C(\C)N)Oc1ccccc1. The van der Waals surface area contributed by atoms with Crippen molar-refractivity contribution in [2.24, 2.45) is 15.7 Å². The third-order valence-corrected chi connectivity index (χ3v) is 1.47. The molecule has 0 aliphatic rings. The number of hydrogen-bond acceptors (Lipinski definition) is 3. The van der Waals surface area contributed by atoms with Crippen LogP contribution in [-0.2, 0) is 0 Å². The highest BCUT2D eigenvalue weighted by molar-refractivity contribution is 5.81. The molecule has 0 aliphatic heterocycles. The Labute approximate surface area is 88.8 Å². The van der Waals surface area contributed by atoms with Gasteiger partial charge in [-0.3, -0.25) is 0 Å². The van der Waals surface area contributed by atoms with Crippen molar-refractivity contribution in [3.63, 3.8) is 0 Å². The molecule has 0 amide bonds. The van der Waals surface area contributed by atoms with E-state index in [1.807, 2.05) is 18.2 Å². The number of nitrogens with zero attached hydrogens (tertiary/aromatic N) is 2. The first-order chi connectivity index (χ1) is 7.22. The molecule has 0 aliphatic carbocycles. The van der Waals surface area contributed by atoms with Crippen LogP contribution in [0.2, 0.25) is 0 Å². The van der Waals surface area contributed by atoms with E-state index >= 15 is 0 Å². The van der Waals surface area contributed by atoms with Gasteiger partial charge in [-0.25, -0.2) is 9.98 Å². The van der Waals surface area contributed by atoms with Crippen LogP contribution in [0.1, 0.15) is 6.92 Å². The van der Waals surface area contributed by atoms with Crippen LogP contribution in [0.4, 0.5) is 0 Å². The summed E-state index contributed by atoms with van der Waals surface area (Å²) >= 11 is 0. The van der Waals surface area contributed by atoms with Crippen molar-refractivity contribution in [1.29, 1.82) is 0 Å². The Morgan fingerprint density at radius 1 is 1.40 bits per heavy atom. The summed E-state index contributed by atoms with van der Waals surface area (Å²) in [6, 6.07) is 9.40. The quantitative estimate of drug-likeness (QED) is 0.589. The number of hydrogen-bond donors (Lipinski definition) is 1. The Balaban J connectivity index is 2.75. The normalized spacial score (nSPS) is 12.3. The number of aliphatic imine (C=N–C) groups is 2. The molecule has 1 rings (SSSR count). The fourth-order valence-electron chi connectivity index (χ4n) is 0.850. The third kappa shape index (κ3) is 4.08. The zero-order valence-corrected chi connectivity index (χ0v) is 8.55. The molecule has 0 saturated heterocycles. The smallest absolute Gasteiger partial charge is 0.321 e. The number of nitrogens with two attached hydrogens (primary N) is 1. The summed E-state index contributed by atoms with van der Waals surface area (Å²) in [6.07, 6.45) is 1.47. The largest absolute Gasteiger partial charge is 0.424 e. The third-order valence-electron chi connectivity index (χ3n) is 1.47. The van der Waals surface area contributed by atoms with Crippen molar-refractivity contribution in [3.05, 3.63) is 42.2 Å². The van der Waals surface area contributed by atoms with E-state index in [9.17, 15) is 0 Å². The van der Waals surface area contributed by atoms with Gasteiger partial charge in [0.05, 0.1) is 6.20 Å². The molecule has 0 atom stereocenters. The average molecular weight is 203 g/mol. The van der Waals surface area contributed by atoms with Crippen molar-refractivity contribution in [2.75, 3.05) is 0 Å². The lowest BCUT2D eigenvalue weighted by Crippen LogP contribution is -2.04. The maximum Gasteiger partial charge on any atom is 0.321 e. The van der Waals surface area contributed by atoms with Crippen molar-refractivity contribution < 1.29 is 4.74 Å². The molecule has 1 aromatic carbocycles. The molecular formula is C11H13N3O. The van der Waals surface area contributed by atoms with Gasteiger partial charge in [0.25, 0.3) is 0 Å². The Bertz CT molecular complexity index is 378. The number of benzene rings is 1. The van der Waals surface area contributed by atoms with Gasteiger partial charge in [-0.05, 0) is 25.8 Å². The van der Waals surface area contributed by atoms with E-state index in [0.717, 1.165) is 0 Å². The van der Waals surface area contributed by atoms with Gasteiger partial charge in [0.2, 0.25) is 0 Å². The second-order valence-corrected chi connectivity index (χ2v) is 2.86. The summed E-state index contributed by atoms with van der Waals surface area (Å²) in [6.45, 7) is 5.09. The Hall–Kier alpha value is -2.10. The van der Waals surface area contributed by atoms with Crippen molar-refractivity contribution in [3.8, 4) is 5.75 Å². The monoisotopic (exact) mass is 203 g/mol. The average Bonchev–Trinajstić information content (AvgIpc) is 2.25. The standard InChI is InChI=1S/C11H13N3O/c1-9(12)8-14-11(13-2)15-10-6-4-3-5-7-10/h3-8H,2,12H2,1H3/b9-8+,14-11?.